The maximum Gasteiger partial charge on any atom is 0.222 e. The molecule has 0 saturated carbocycles. The molecule has 0 spiro atoms. The van der Waals surface area contributed by atoms with E-state index in [0.29, 0.717) is 18.1 Å². The van der Waals surface area contributed by atoms with Gasteiger partial charge in [-0.2, -0.15) is 5.10 Å². The number of fused-ring (bicyclic) bond motifs is 3. The molecule has 2 unspecified atom stereocenters. The van der Waals surface area contributed by atoms with Crippen LogP contribution in [0.3, 0.4) is 0 Å². The molecule has 9 heteroatoms. The van der Waals surface area contributed by atoms with Gasteiger partial charge in [-0.05, 0) is 56.6 Å². The van der Waals surface area contributed by atoms with Gasteiger partial charge in [-0.3, -0.25) is 15.2 Å². The van der Waals surface area contributed by atoms with Crippen molar-refractivity contribution in [2.24, 2.45) is 15.8 Å². The fourth-order valence-electron chi connectivity index (χ4n) is 4.26. The lowest BCUT2D eigenvalue weighted by atomic mass is 9.99. The second-order valence-electron chi connectivity index (χ2n) is 8.43. The first-order chi connectivity index (χ1) is 16.5. The molecular weight excluding hydrogens is 452 g/mol. The molecule has 2 aromatic rings. The van der Waals surface area contributed by atoms with Crippen molar-refractivity contribution in [1.29, 1.82) is 0 Å². The van der Waals surface area contributed by atoms with Crippen molar-refractivity contribution in [3.63, 3.8) is 0 Å². The normalized spacial score (nSPS) is 18.8. The van der Waals surface area contributed by atoms with Crippen LogP contribution in [0.2, 0.25) is 5.02 Å². The lowest BCUT2D eigenvalue weighted by Gasteiger charge is -2.27. The highest BCUT2D eigenvalue weighted by molar-refractivity contribution is 6.31. The predicted octanol–water partition coefficient (Wildman–Crippen LogP) is 3.27. The lowest BCUT2D eigenvalue weighted by Crippen LogP contribution is -2.43. The SMILES string of the molecule is COc1ccc2c(c1)C(c1ccc(Cl)cc1)=NC(CC(=O)NCCCCCN)C1=NNC(C)N12. The number of hydrogen-bond acceptors (Lipinski definition) is 7. The molecule has 2 aliphatic heterocycles. The van der Waals surface area contributed by atoms with Crippen molar-refractivity contribution < 1.29 is 9.53 Å². The van der Waals surface area contributed by atoms with Crippen molar-refractivity contribution in [3.8, 4) is 5.75 Å². The van der Waals surface area contributed by atoms with E-state index in [2.05, 4.69) is 20.7 Å². The standard InChI is InChI=1S/C25H31ClN6O2/c1-16-30-31-25-21(15-23(33)28-13-5-3-4-12-27)29-24(17-6-8-18(26)9-7-17)20-14-19(34-2)10-11-22(20)32(16)25/h6-11,14,16,21,30H,3-5,12-13,15,27H2,1-2H3,(H,28,33). The van der Waals surface area contributed by atoms with Gasteiger partial charge in [-0.25, -0.2) is 0 Å². The number of benzene rings is 2. The number of rotatable bonds is 9. The topological polar surface area (TPSA) is 104 Å². The van der Waals surface area contributed by atoms with Crippen LogP contribution in [0.1, 0.15) is 43.7 Å². The number of unbranched alkanes of at least 4 members (excludes halogenated alkanes) is 2. The number of hydrazone groups is 1. The van der Waals surface area contributed by atoms with E-state index in [1.54, 1.807) is 7.11 Å². The number of halogens is 1. The summed E-state index contributed by atoms with van der Waals surface area (Å²) in [5.74, 6) is 1.40. The molecule has 2 aromatic carbocycles. The molecule has 2 aliphatic rings. The summed E-state index contributed by atoms with van der Waals surface area (Å²) in [6.07, 6.45) is 2.98. The quantitative estimate of drug-likeness (QED) is 0.476. The first-order valence-corrected chi connectivity index (χ1v) is 12.0. The smallest absolute Gasteiger partial charge is 0.222 e. The maximum absolute atomic E-state index is 12.9. The molecule has 0 bridgehead atoms. The molecule has 0 aliphatic carbocycles. The van der Waals surface area contributed by atoms with Crippen molar-refractivity contribution >= 4 is 34.7 Å². The molecule has 1 amide bonds. The monoisotopic (exact) mass is 482 g/mol. The Labute approximate surface area is 205 Å². The molecule has 34 heavy (non-hydrogen) atoms. The third-order valence-electron chi connectivity index (χ3n) is 6.00. The van der Waals surface area contributed by atoms with Gasteiger partial charge in [-0.15, -0.1) is 0 Å². The fourth-order valence-corrected chi connectivity index (χ4v) is 4.38. The minimum Gasteiger partial charge on any atom is -0.497 e. The van der Waals surface area contributed by atoms with Gasteiger partial charge in [-0.1, -0.05) is 30.2 Å². The number of aliphatic imine (C=N–C) groups is 1. The zero-order valence-corrected chi connectivity index (χ0v) is 20.3. The highest BCUT2D eigenvalue weighted by Crippen LogP contribution is 2.35. The van der Waals surface area contributed by atoms with Crippen LogP contribution < -0.4 is 26.1 Å². The van der Waals surface area contributed by atoms with E-state index in [-0.39, 0.29) is 18.5 Å². The predicted molar refractivity (Wildman–Crippen MR) is 137 cm³/mol. The van der Waals surface area contributed by atoms with E-state index in [1.165, 1.54) is 0 Å². The van der Waals surface area contributed by atoms with E-state index in [9.17, 15) is 4.79 Å². The van der Waals surface area contributed by atoms with Crippen molar-refractivity contribution in [1.82, 2.24) is 10.7 Å². The minimum atomic E-state index is -0.453. The number of anilines is 1. The molecule has 0 saturated heterocycles. The van der Waals surface area contributed by atoms with E-state index in [1.807, 2.05) is 49.4 Å². The third kappa shape index (κ3) is 5.18. The molecule has 0 fully saturated rings. The summed E-state index contributed by atoms with van der Waals surface area (Å²) in [7, 11) is 1.64. The van der Waals surface area contributed by atoms with Gasteiger partial charge >= 0.3 is 0 Å². The summed E-state index contributed by atoms with van der Waals surface area (Å²) >= 11 is 6.15. The van der Waals surface area contributed by atoms with Gasteiger partial charge in [0, 0.05) is 22.7 Å². The summed E-state index contributed by atoms with van der Waals surface area (Å²) in [6.45, 7) is 3.33. The number of nitrogens with two attached hydrogens (primary N) is 1. The number of nitrogens with one attached hydrogen (secondary N) is 2. The number of ether oxygens (including phenoxy) is 1. The zero-order valence-electron chi connectivity index (χ0n) is 19.6. The average Bonchev–Trinajstić information content (AvgIpc) is 3.16. The van der Waals surface area contributed by atoms with Crippen molar-refractivity contribution in [2.75, 3.05) is 25.1 Å². The molecule has 4 rings (SSSR count). The summed E-state index contributed by atoms with van der Waals surface area (Å²) in [6, 6.07) is 13.0. The Morgan fingerprint density at radius 1 is 1.21 bits per heavy atom. The minimum absolute atomic E-state index is 0.0531. The van der Waals surface area contributed by atoms with Crippen LogP contribution in [0.25, 0.3) is 0 Å². The Morgan fingerprint density at radius 2 is 2.00 bits per heavy atom. The molecule has 2 heterocycles. The van der Waals surface area contributed by atoms with E-state index in [4.69, 9.17) is 27.1 Å². The highest BCUT2D eigenvalue weighted by atomic mass is 35.5. The Hall–Kier alpha value is -3.10. The number of nitrogens with zero attached hydrogens (tertiary/aromatic N) is 3. The zero-order chi connectivity index (χ0) is 24.1. The van der Waals surface area contributed by atoms with E-state index >= 15 is 0 Å². The Kier molecular flexibility index (Phi) is 7.70. The largest absolute Gasteiger partial charge is 0.497 e. The Morgan fingerprint density at radius 3 is 2.74 bits per heavy atom. The molecular formula is C25H31ClN6O2. The average molecular weight is 483 g/mol. The van der Waals surface area contributed by atoms with Gasteiger partial charge in [0.15, 0.2) is 5.84 Å². The van der Waals surface area contributed by atoms with E-state index in [0.717, 1.165) is 53.4 Å². The summed E-state index contributed by atoms with van der Waals surface area (Å²) in [5.41, 5.74) is 12.2. The highest BCUT2D eigenvalue weighted by Gasteiger charge is 2.37. The molecule has 2 atom stereocenters. The first kappa shape index (κ1) is 24.0. The van der Waals surface area contributed by atoms with Crippen molar-refractivity contribution in [2.45, 2.75) is 44.8 Å². The molecule has 4 N–H and O–H groups in total. The van der Waals surface area contributed by atoms with Crippen LogP contribution in [0.5, 0.6) is 5.75 Å². The number of amidine groups is 1. The summed E-state index contributed by atoms with van der Waals surface area (Å²) in [5, 5.41) is 8.25. The van der Waals surface area contributed by atoms with Crippen LogP contribution in [0, 0.1) is 0 Å². The first-order valence-electron chi connectivity index (χ1n) is 11.6. The second-order valence-corrected chi connectivity index (χ2v) is 8.87. The summed E-state index contributed by atoms with van der Waals surface area (Å²) in [4.78, 5) is 20.1. The van der Waals surface area contributed by atoms with Crippen molar-refractivity contribution in [3.05, 3.63) is 58.6 Å². The second kappa shape index (κ2) is 10.9. The number of carbonyl (C=O) groups excluding carboxylic acids is 1. The van der Waals surface area contributed by atoms with E-state index < -0.39 is 6.04 Å². The van der Waals surface area contributed by atoms with Gasteiger partial charge in [0.2, 0.25) is 5.91 Å². The Balaban J connectivity index is 1.70. The molecule has 8 nitrogen and oxygen atoms in total. The number of hydrogen-bond donors (Lipinski definition) is 3. The van der Waals surface area contributed by atoms with Crippen LogP contribution in [-0.2, 0) is 4.79 Å². The Bertz CT molecular complexity index is 1090. The lowest BCUT2D eigenvalue weighted by molar-refractivity contribution is -0.121. The summed E-state index contributed by atoms with van der Waals surface area (Å²) < 4.78 is 5.51. The number of methoxy groups -OCH3 is 1. The molecule has 0 aromatic heterocycles. The van der Waals surface area contributed by atoms with Gasteiger partial charge < -0.3 is 20.7 Å². The van der Waals surface area contributed by atoms with Crippen LogP contribution >= 0.6 is 11.6 Å². The van der Waals surface area contributed by atoms with Crippen LogP contribution in [0.15, 0.2) is 52.6 Å². The number of amides is 1. The van der Waals surface area contributed by atoms with Gasteiger partial charge in [0.05, 0.1) is 24.9 Å². The molecule has 180 valence electrons. The van der Waals surface area contributed by atoms with Gasteiger partial charge in [0.1, 0.15) is 18.0 Å². The maximum atomic E-state index is 12.9. The third-order valence-corrected chi connectivity index (χ3v) is 6.25. The van der Waals surface area contributed by atoms with Gasteiger partial charge in [0.25, 0.3) is 0 Å². The molecule has 0 radical (unpaired) electrons. The van der Waals surface area contributed by atoms with Crippen LogP contribution in [-0.4, -0.2) is 49.9 Å². The van der Waals surface area contributed by atoms with Crippen LogP contribution in [0.4, 0.5) is 5.69 Å². The fraction of sp³-hybridized carbons (Fsp3) is 0.400. The number of carbonyl (C=O) groups is 1.